The summed E-state index contributed by atoms with van der Waals surface area (Å²) in [6.07, 6.45) is 1.35. The van der Waals surface area contributed by atoms with Gasteiger partial charge in [0.05, 0.1) is 0 Å². The second-order valence-electron chi connectivity index (χ2n) is 2.97. The van der Waals surface area contributed by atoms with Gasteiger partial charge >= 0.3 is 0 Å². The monoisotopic (exact) mass is 177 g/mol. The fraction of sp³-hybridized carbons (Fsp3) is 0.200. The molecule has 0 saturated carbocycles. The van der Waals surface area contributed by atoms with Crippen LogP contribution >= 0.6 is 0 Å². The molecule has 0 aliphatic carbocycles. The van der Waals surface area contributed by atoms with Gasteiger partial charge in [-0.05, 0) is 6.08 Å². The molecule has 1 unspecified atom stereocenters. The van der Waals surface area contributed by atoms with Gasteiger partial charge in [0.15, 0.2) is 0 Å². The Hall–Kier alpha value is -1.64. The van der Waals surface area contributed by atoms with Crippen LogP contribution in [-0.4, -0.2) is 4.92 Å². The van der Waals surface area contributed by atoms with Gasteiger partial charge in [0.1, 0.15) is 0 Å². The van der Waals surface area contributed by atoms with Crippen molar-refractivity contribution in [2.45, 2.75) is 12.5 Å². The predicted octanol–water partition coefficient (Wildman–Crippen LogP) is 2.36. The van der Waals surface area contributed by atoms with Crippen LogP contribution in [0, 0.1) is 10.1 Å². The van der Waals surface area contributed by atoms with E-state index in [2.05, 4.69) is 6.58 Å². The zero-order chi connectivity index (χ0) is 9.90. The summed E-state index contributed by atoms with van der Waals surface area (Å²) in [5.74, 6) is 0. The van der Waals surface area contributed by atoms with Crippen molar-refractivity contribution < 1.29 is 4.92 Å². The minimum absolute atomic E-state index is 0.338. The first-order valence-electron chi connectivity index (χ1n) is 3.95. The van der Waals surface area contributed by atoms with E-state index < -0.39 is 5.54 Å². The molecule has 0 aliphatic heterocycles. The Labute approximate surface area is 76.9 Å². The molecule has 68 valence electrons. The van der Waals surface area contributed by atoms with E-state index in [1.807, 2.05) is 6.07 Å². The lowest BCUT2D eigenvalue weighted by Gasteiger charge is -2.16. The number of hydrogen-bond donors (Lipinski definition) is 0. The van der Waals surface area contributed by atoms with E-state index in [1.54, 1.807) is 24.3 Å². The van der Waals surface area contributed by atoms with Gasteiger partial charge in [-0.15, -0.1) is 0 Å². The molecule has 1 rings (SSSR count). The highest BCUT2D eigenvalue weighted by Crippen LogP contribution is 2.24. The van der Waals surface area contributed by atoms with Gasteiger partial charge < -0.3 is 0 Å². The molecule has 1 aromatic rings. The third-order valence-corrected chi connectivity index (χ3v) is 2.13. The lowest BCUT2D eigenvalue weighted by atomic mass is 9.93. The van der Waals surface area contributed by atoms with Crippen LogP contribution in [0.4, 0.5) is 0 Å². The Morgan fingerprint density at radius 1 is 1.46 bits per heavy atom. The van der Waals surface area contributed by atoms with Crippen molar-refractivity contribution in [3.63, 3.8) is 0 Å². The highest BCUT2D eigenvalue weighted by Gasteiger charge is 2.35. The third-order valence-electron chi connectivity index (χ3n) is 2.13. The smallest absolute Gasteiger partial charge is 0.262 e. The van der Waals surface area contributed by atoms with Gasteiger partial charge in [0, 0.05) is 17.4 Å². The first-order chi connectivity index (χ1) is 6.11. The van der Waals surface area contributed by atoms with Crippen LogP contribution in [0.5, 0.6) is 0 Å². The van der Waals surface area contributed by atoms with Crippen molar-refractivity contribution in [2.75, 3.05) is 0 Å². The average Bonchev–Trinajstić information content (AvgIpc) is 2.17. The second kappa shape index (κ2) is 3.39. The SMILES string of the molecule is C=CC(C)(c1ccccc1)[N+](=O)[O-]. The molecule has 0 fully saturated rings. The largest absolute Gasteiger partial charge is 0.263 e. The van der Waals surface area contributed by atoms with E-state index in [1.165, 1.54) is 13.0 Å². The average molecular weight is 177 g/mol. The summed E-state index contributed by atoms with van der Waals surface area (Å²) in [5, 5.41) is 10.8. The lowest BCUT2D eigenvalue weighted by Crippen LogP contribution is -2.28. The zero-order valence-corrected chi connectivity index (χ0v) is 7.43. The standard InChI is InChI=1S/C10H11NO2/c1-3-10(2,11(12)13)9-7-5-4-6-8-9/h3-8H,1H2,2H3. The van der Waals surface area contributed by atoms with Crippen molar-refractivity contribution >= 4 is 0 Å². The van der Waals surface area contributed by atoms with Crippen LogP contribution < -0.4 is 0 Å². The van der Waals surface area contributed by atoms with E-state index in [9.17, 15) is 10.1 Å². The maximum atomic E-state index is 10.8. The molecule has 0 saturated heterocycles. The Bertz CT molecular complexity index is 321. The number of hydrogen-bond acceptors (Lipinski definition) is 2. The third kappa shape index (κ3) is 1.59. The van der Waals surface area contributed by atoms with E-state index >= 15 is 0 Å². The fourth-order valence-corrected chi connectivity index (χ4v) is 1.07. The molecule has 0 spiro atoms. The molecule has 1 aromatic carbocycles. The van der Waals surface area contributed by atoms with Crippen molar-refractivity contribution in [3.05, 3.63) is 58.7 Å². The summed E-state index contributed by atoms with van der Waals surface area (Å²) in [4.78, 5) is 10.4. The summed E-state index contributed by atoms with van der Waals surface area (Å²) in [6.45, 7) is 5.03. The first-order valence-corrected chi connectivity index (χ1v) is 3.95. The molecule has 0 heterocycles. The lowest BCUT2D eigenvalue weighted by molar-refractivity contribution is -0.558. The van der Waals surface area contributed by atoms with Crippen LogP contribution in [0.25, 0.3) is 0 Å². The molecule has 13 heavy (non-hydrogen) atoms. The summed E-state index contributed by atoms with van der Waals surface area (Å²) >= 11 is 0. The van der Waals surface area contributed by atoms with Gasteiger partial charge in [-0.3, -0.25) is 10.1 Å². The van der Waals surface area contributed by atoms with Crippen LogP contribution in [0.15, 0.2) is 43.0 Å². The Morgan fingerprint density at radius 3 is 2.38 bits per heavy atom. The summed E-state index contributed by atoms with van der Waals surface area (Å²) in [6, 6.07) is 8.84. The molecule has 0 bridgehead atoms. The molecule has 3 heteroatoms. The molecule has 0 radical (unpaired) electrons. The second-order valence-corrected chi connectivity index (χ2v) is 2.97. The van der Waals surface area contributed by atoms with Crippen molar-refractivity contribution in [3.8, 4) is 0 Å². The maximum absolute atomic E-state index is 10.8. The Kier molecular flexibility index (Phi) is 2.46. The molecule has 0 amide bonds. The van der Waals surface area contributed by atoms with Gasteiger partial charge in [0.2, 0.25) is 0 Å². The van der Waals surface area contributed by atoms with Crippen LogP contribution in [0.1, 0.15) is 12.5 Å². The van der Waals surface area contributed by atoms with Gasteiger partial charge in [-0.2, -0.15) is 0 Å². The van der Waals surface area contributed by atoms with Crippen molar-refractivity contribution in [2.24, 2.45) is 0 Å². The van der Waals surface area contributed by atoms with Gasteiger partial charge in [-0.1, -0.05) is 36.9 Å². The first kappa shape index (κ1) is 9.45. The summed E-state index contributed by atoms with van der Waals surface area (Å²) < 4.78 is 0. The summed E-state index contributed by atoms with van der Waals surface area (Å²) in [7, 11) is 0. The Morgan fingerprint density at radius 2 is 2.00 bits per heavy atom. The number of rotatable bonds is 3. The molecule has 0 N–H and O–H groups in total. The molecule has 1 atom stereocenters. The van der Waals surface area contributed by atoms with Crippen molar-refractivity contribution in [1.82, 2.24) is 0 Å². The maximum Gasteiger partial charge on any atom is 0.262 e. The number of benzene rings is 1. The van der Waals surface area contributed by atoms with Crippen LogP contribution in [-0.2, 0) is 5.54 Å². The molecular weight excluding hydrogens is 166 g/mol. The number of nitrogens with zero attached hydrogens (tertiary/aromatic N) is 1. The highest BCUT2D eigenvalue weighted by molar-refractivity contribution is 5.25. The zero-order valence-electron chi connectivity index (χ0n) is 7.43. The normalized spacial score (nSPS) is 14.5. The molecule has 0 aromatic heterocycles. The molecule has 3 nitrogen and oxygen atoms in total. The van der Waals surface area contributed by atoms with E-state index in [0.29, 0.717) is 5.56 Å². The van der Waals surface area contributed by atoms with Crippen LogP contribution in [0.3, 0.4) is 0 Å². The quantitative estimate of drug-likeness (QED) is 0.404. The number of nitro groups is 1. The molecule has 0 aliphatic rings. The Balaban J connectivity index is 3.18. The minimum atomic E-state index is -1.18. The van der Waals surface area contributed by atoms with E-state index in [-0.39, 0.29) is 4.92 Å². The van der Waals surface area contributed by atoms with Gasteiger partial charge in [-0.25, -0.2) is 0 Å². The van der Waals surface area contributed by atoms with Crippen LogP contribution in [0.2, 0.25) is 0 Å². The topological polar surface area (TPSA) is 43.1 Å². The minimum Gasteiger partial charge on any atom is -0.263 e. The fourth-order valence-electron chi connectivity index (χ4n) is 1.07. The van der Waals surface area contributed by atoms with E-state index in [0.717, 1.165) is 0 Å². The van der Waals surface area contributed by atoms with Gasteiger partial charge in [0.25, 0.3) is 5.54 Å². The van der Waals surface area contributed by atoms with E-state index in [4.69, 9.17) is 0 Å². The van der Waals surface area contributed by atoms with Crippen molar-refractivity contribution in [1.29, 1.82) is 0 Å². The summed E-state index contributed by atoms with van der Waals surface area (Å²) in [5.41, 5.74) is -0.531. The predicted molar refractivity (Wildman–Crippen MR) is 51.0 cm³/mol. The molecular formula is C10H11NO2. The highest BCUT2D eigenvalue weighted by atomic mass is 16.6.